The average Bonchev–Trinajstić information content (AvgIpc) is 3.17. The van der Waals surface area contributed by atoms with E-state index in [-0.39, 0.29) is 5.91 Å². The minimum atomic E-state index is -0.146. The van der Waals surface area contributed by atoms with Gasteiger partial charge in [-0.25, -0.2) is 0 Å². The smallest absolute Gasteiger partial charge is 0.269 e. The Morgan fingerprint density at radius 1 is 1.29 bits per heavy atom. The van der Waals surface area contributed by atoms with Gasteiger partial charge in [0.25, 0.3) is 5.91 Å². The van der Waals surface area contributed by atoms with E-state index in [1.807, 2.05) is 48.0 Å². The number of carbonyl (C=O) groups is 1. The van der Waals surface area contributed by atoms with Gasteiger partial charge in [-0.2, -0.15) is 16.4 Å². The molecule has 1 aromatic carbocycles. The van der Waals surface area contributed by atoms with Crippen LogP contribution in [0.1, 0.15) is 21.6 Å². The summed E-state index contributed by atoms with van der Waals surface area (Å²) in [4.78, 5) is 12.1. The van der Waals surface area contributed by atoms with E-state index in [1.165, 1.54) is 5.56 Å². The largest absolute Gasteiger partial charge is 0.347 e. The summed E-state index contributed by atoms with van der Waals surface area (Å²) in [6.45, 7) is 2.57. The molecule has 2 N–H and O–H groups in total. The van der Waals surface area contributed by atoms with E-state index < -0.39 is 0 Å². The molecule has 2 aromatic heterocycles. The Labute approximate surface area is 126 Å². The van der Waals surface area contributed by atoms with Gasteiger partial charge in [0.1, 0.15) is 5.69 Å². The monoisotopic (exact) mass is 297 g/mol. The maximum atomic E-state index is 12.1. The maximum Gasteiger partial charge on any atom is 0.269 e. The molecule has 0 unspecified atom stereocenters. The van der Waals surface area contributed by atoms with Crippen LogP contribution in [0.2, 0.25) is 0 Å². The van der Waals surface area contributed by atoms with Crippen molar-refractivity contribution >= 4 is 17.2 Å². The molecule has 0 radical (unpaired) electrons. The summed E-state index contributed by atoms with van der Waals surface area (Å²) < 4.78 is 0. The molecular formula is C16H15N3OS. The number of nitrogens with one attached hydrogen (secondary N) is 2. The van der Waals surface area contributed by atoms with Crippen LogP contribution < -0.4 is 5.32 Å². The Hall–Kier alpha value is -2.40. The zero-order valence-electron chi connectivity index (χ0n) is 11.6. The predicted octanol–water partition coefficient (Wildman–Crippen LogP) is 3.38. The number of H-pyrrole nitrogens is 1. The molecular weight excluding hydrogens is 282 g/mol. The van der Waals surface area contributed by atoms with Crippen molar-refractivity contribution in [3.05, 3.63) is 64.0 Å². The molecule has 3 aromatic rings. The molecule has 5 heteroatoms. The molecule has 0 saturated heterocycles. The summed E-state index contributed by atoms with van der Waals surface area (Å²) in [7, 11) is 0. The Bertz CT molecular complexity index is 729. The molecule has 3 rings (SSSR count). The first-order chi connectivity index (χ1) is 10.2. The Balaban J connectivity index is 1.69. The number of amides is 1. The zero-order valence-corrected chi connectivity index (χ0v) is 12.4. The van der Waals surface area contributed by atoms with Crippen LogP contribution in [0.25, 0.3) is 11.3 Å². The van der Waals surface area contributed by atoms with Gasteiger partial charge in [-0.15, -0.1) is 0 Å². The minimum absolute atomic E-state index is 0.146. The fraction of sp³-hybridized carbons (Fsp3) is 0.125. The number of carbonyl (C=O) groups excluding carboxylic acids is 1. The number of hydrogen-bond acceptors (Lipinski definition) is 3. The normalized spacial score (nSPS) is 10.5. The number of aromatic nitrogens is 2. The first-order valence-corrected chi connectivity index (χ1v) is 7.58. The molecule has 0 fully saturated rings. The van der Waals surface area contributed by atoms with Gasteiger partial charge in [0.05, 0.1) is 5.69 Å². The van der Waals surface area contributed by atoms with Crippen LogP contribution >= 0.6 is 11.3 Å². The molecule has 0 aliphatic rings. The second kappa shape index (κ2) is 5.93. The zero-order chi connectivity index (χ0) is 14.7. The van der Waals surface area contributed by atoms with Crippen molar-refractivity contribution in [1.29, 1.82) is 0 Å². The maximum absolute atomic E-state index is 12.1. The molecule has 4 nitrogen and oxygen atoms in total. The Kier molecular flexibility index (Phi) is 3.83. The van der Waals surface area contributed by atoms with Crippen LogP contribution in [0, 0.1) is 6.92 Å². The SMILES string of the molecule is Cc1ccc(-c2cc(C(=O)NCc3ccsc3)[nH]n2)cc1. The lowest BCUT2D eigenvalue weighted by Gasteiger charge is -2.00. The van der Waals surface area contributed by atoms with Crippen molar-refractivity contribution in [3.8, 4) is 11.3 Å². The second-order valence-corrected chi connectivity index (χ2v) is 5.63. The number of hydrogen-bond donors (Lipinski definition) is 2. The third-order valence-corrected chi connectivity index (χ3v) is 3.94. The fourth-order valence-electron chi connectivity index (χ4n) is 1.98. The number of rotatable bonds is 4. The van der Waals surface area contributed by atoms with Crippen molar-refractivity contribution in [2.75, 3.05) is 0 Å². The van der Waals surface area contributed by atoms with Gasteiger partial charge in [0.2, 0.25) is 0 Å². The number of aromatic amines is 1. The number of aryl methyl sites for hydroxylation is 1. The summed E-state index contributed by atoms with van der Waals surface area (Å²) in [5.74, 6) is -0.146. The van der Waals surface area contributed by atoms with Crippen LogP contribution in [-0.2, 0) is 6.54 Å². The van der Waals surface area contributed by atoms with E-state index in [4.69, 9.17) is 0 Å². The lowest BCUT2D eigenvalue weighted by molar-refractivity contribution is 0.0946. The third kappa shape index (κ3) is 3.20. The molecule has 0 bridgehead atoms. The molecule has 0 aliphatic carbocycles. The molecule has 2 heterocycles. The van der Waals surface area contributed by atoms with Crippen molar-refractivity contribution in [3.63, 3.8) is 0 Å². The summed E-state index contributed by atoms with van der Waals surface area (Å²) in [5.41, 5.74) is 4.54. The molecule has 0 atom stereocenters. The number of thiophene rings is 1. The molecule has 21 heavy (non-hydrogen) atoms. The molecule has 106 valence electrons. The second-order valence-electron chi connectivity index (χ2n) is 4.85. The average molecular weight is 297 g/mol. The highest BCUT2D eigenvalue weighted by atomic mass is 32.1. The summed E-state index contributed by atoms with van der Waals surface area (Å²) in [6, 6.07) is 11.8. The summed E-state index contributed by atoms with van der Waals surface area (Å²) >= 11 is 1.62. The van der Waals surface area contributed by atoms with E-state index in [9.17, 15) is 4.79 Å². The van der Waals surface area contributed by atoms with Gasteiger partial charge in [0.15, 0.2) is 0 Å². The topological polar surface area (TPSA) is 57.8 Å². The molecule has 0 aliphatic heterocycles. The standard InChI is InChI=1S/C16H15N3OS/c1-11-2-4-13(5-3-11)14-8-15(19-18-14)16(20)17-9-12-6-7-21-10-12/h2-8,10H,9H2,1H3,(H,17,20)(H,18,19). The van der Waals surface area contributed by atoms with Gasteiger partial charge in [-0.1, -0.05) is 29.8 Å². The third-order valence-electron chi connectivity index (χ3n) is 3.20. The van der Waals surface area contributed by atoms with E-state index in [0.717, 1.165) is 16.8 Å². The molecule has 1 amide bonds. The van der Waals surface area contributed by atoms with Gasteiger partial charge >= 0.3 is 0 Å². The fourth-order valence-corrected chi connectivity index (χ4v) is 2.65. The minimum Gasteiger partial charge on any atom is -0.347 e. The van der Waals surface area contributed by atoms with Gasteiger partial charge in [-0.05, 0) is 35.4 Å². The van der Waals surface area contributed by atoms with Gasteiger partial charge in [0, 0.05) is 12.1 Å². The lowest BCUT2D eigenvalue weighted by atomic mass is 10.1. The van der Waals surface area contributed by atoms with Crippen LogP contribution in [0.5, 0.6) is 0 Å². The number of benzene rings is 1. The van der Waals surface area contributed by atoms with E-state index in [0.29, 0.717) is 12.2 Å². The number of nitrogens with zero attached hydrogens (tertiary/aromatic N) is 1. The molecule has 0 saturated carbocycles. The Morgan fingerprint density at radius 3 is 2.81 bits per heavy atom. The van der Waals surface area contributed by atoms with Crippen LogP contribution in [-0.4, -0.2) is 16.1 Å². The Morgan fingerprint density at radius 2 is 2.10 bits per heavy atom. The van der Waals surface area contributed by atoms with Crippen LogP contribution in [0.15, 0.2) is 47.2 Å². The van der Waals surface area contributed by atoms with E-state index >= 15 is 0 Å². The van der Waals surface area contributed by atoms with Crippen LogP contribution in [0.4, 0.5) is 0 Å². The van der Waals surface area contributed by atoms with Crippen molar-refractivity contribution in [2.45, 2.75) is 13.5 Å². The predicted molar refractivity (Wildman–Crippen MR) is 84.2 cm³/mol. The lowest BCUT2D eigenvalue weighted by Crippen LogP contribution is -2.22. The quantitative estimate of drug-likeness (QED) is 0.775. The summed E-state index contributed by atoms with van der Waals surface area (Å²) in [5, 5.41) is 13.9. The highest BCUT2D eigenvalue weighted by Crippen LogP contribution is 2.18. The van der Waals surface area contributed by atoms with Crippen molar-refractivity contribution in [2.24, 2.45) is 0 Å². The van der Waals surface area contributed by atoms with Crippen molar-refractivity contribution in [1.82, 2.24) is 15.5 Å². The van der Waals surface area contributed by atoms with Gasteiger partial charge in [-0.3, -0.25) is 9.89 Å². The summed E-state index contributed by atoms with van der Waals surface area (Å²) in [6.07, 6.45) is 0. The van der Waals surface area contributed by atoms with Gasteiger partial charge < -0.3 is 5.32 Å². The van der Waals surface area contributed by atoms with Crippen molar-refractivity contribution < 1.29 is 4.79 Å². The van der Waals surface area contributed by atoms with E-state index in [2.05, 4.69) is 15.5 Å². The van der Waals surface area contributed by atoms with Crippen LogP contribution in [0.3, 0.4) is 0 Å². The first kappa shape index (κ1) is 13.6. The first-order valence-electron chi connectivity index (χ1n) is 6.64. The molecule has 0 spiro atoms. The highest BCUT2D eigenvalue weighted by molar-refractivity contribution is 7.07. The highest BCUT2D eigenvalue weighted by Gasteiger charge is 2.10. The van der Waals surface area contributed by atoms with E-state index in [1.54, 1.807) is 17.4 Å².